The molecule has 1 aliphatic heterocycles. The van der Waals surface area contributed by atoms with Gasteiger partial charge in [-0.05, 0) is 57.4 Å². The van der Waals surface area contributed by atoms with Crippen molar-refractivity contribution >= 4 is 12.2 Å². The molecule has 5 N–H and O–H groups in total. The zero-order valence-electron chi connectivity index (χ0n) is 17.5. The Labute approximate surface area is 164 Å². The molecule has 1 fully saturated rings. The fraction of sp³-hybridized carbons (Fsp3) is 0.619. The van der Waals surface area contributed by atoms with Crippen molar-refractivity contribution in [1.82, 2.24) is 10.6 Å². The maximum Gasteiger partial charge on any atom is 0.128 e. The lowest BCUT2D eigenvalue weighted by atomic mass is 9.93. The number of hydrogen-bond donors (Lipinski definition) is 4. The molecule has 0 aromatic heterocycles. The first-order valence-corrected chi connectivity index (χ1v) is 9.91. The molecule has 2 atom stereocenters. The molecule has 27 heavy (non-hydrogen) atoms. The number of amidine groups is 1. The second kappa shape index (κ2) is 12.5. The van der Waals surface area contributed by atoms with Gasteiger partial charge >= 0.3 is 0 Å². The average Bonchev–Trinajstić information content (AvgIpc) is 3.16. The highest BCUT2D eigenvalue weighted by molar-refractivity contribution is 6.02. The number of rotatable bonds is 10. The summed E-state index contributed by atoms with van der Waals surface area (Å²) in [6, 6.07) is 0.467. The van der Waals surface area contributed by atoms with E-state index in [4.69, 9.17) is 5.73 Å². The largest absolute Gasteiger partial charge is 0.395 e. The van der Waals surface area contributed by atoms with Gasteiger partial charge in [-0.1, -0.05) is 25.0 Å². The van der Waals surface area contributed by atoms with Gasteiger partial charge < -0.3 is 21.5 Å². The number of nitrogens with zero attached hydrogens (tertiary/aromatic N) is 2. The predicted octanol–water partition coefficient (Wildman–Crippen LogP) is 2.67. The van der Waals surface area contributed by atoms with Crippen molar-refractivity contribution in [3.05, 3.63) is 34.6 Å². The molecule has 152 valence electrons. The van der Waals surface area contributed by atoms with Gasteiger partial charge in [-0.2, -0.15) is 0 Å². The van der Waals surface area contributed by atoms with Crippen LogP contribution in [0.4, 0.5) is 0 Å². The van der Waals surface area contributed by atoms with Gasteiger partial charge in [-0.25, -0.2) is 4.99 Å². The first-order valence-electron chi connectivity index (χ1n) is 9.91. The van der Waals surface area contributed by atoms with Crippen LogP contribution in [0.25, 0.3) is 0 Å². The lowest BCUT2D eigenvalue weighted by molar-refractivity contribution is 0.253. The summed E-state index contributed by atoms with van der Waals surface area (Å²) in [7, 11) is 1.69. The lowest BCUT2D eigenvalue weighted by Gasteiger charge is -2.18. The van der Waals surface area contributed by atoms with E-state index in [0.29, 0.717) is 5.84 Å². The van der Waals surface area contributed by atoms with Crippen molar-refractivity contribution in [3.63, 3.8) is 0 Å². The molecule has 1 rings (SSSR count). The Hall–Kier alpha value is -1.92. The third-order valence-corrected chi connectivity index (χ3v) is 4.78. The standard InChI is InChI=1S/C21H37N5O/c1-6-8-18(21(22)25-14-23-5)19(16(4)12-24-7-2)11-15(3)20-10-9-17(13-27)26-20/h11-12,14,17,20,24,26-27H,6-10,13H2,1-5H3,(H2,22,23,25)/b15-11+,16-12+,19-18-. The van der Waals surface area contributed by atoms with Crippen molar-refractivity contribution in [3.8, 4) is 0 Å². The van der Waals surface area contributed by atoms with Crippen molar-refractivity contribution in [1.29, 1.82) is 0 Å². The van der Waals surface area contributed by atoms with Crippen LogP contribution in [-0.4, -0.2) is 49.6 Å². The minimum atomic E-state index is 0.183. The molecule has 0 aromatic rings. The summed E-state index contributed by atoms with van der Waals surface area (Å²) in [6.07, 6.45) is 9.61. The SMILES string of the molecule is CCCC(=C(\C=C(/C)C1CCC(CO)N1)C(/C)=C/NCC)/C(N)=N\C=N/C. The Balaban J connectivity index is 3.37. The molecule has 0 spiro atoms. The minimum absolute atomic E-state index is 0.183. The first kappa shape index (κ1) is 23.1. The van der Waals surface area contributed by atoms with Crippen LogP contribution < -0.4 is 16.4 Å². The van der Waals surface area contributed by atoms with Crippen LogP contribution in [0.3, 0.4) is 0 Å². The monoisotopic (exact) mass is 375 g/mol. The number of aliphatic hydroxyl groups excluding tert-OH is 1. The van der Waals surface area contributed by atoms with Crippen LogP contribution in [-0.2, 0) is 0 Å². The molecule has 0 bridgehead atoms. The van der Waals surface area contributed by atoms with E-state index < -0.39 is 0 Å². The summed E-state index contributed by atoms with van der Waals surface area (Å²) in [6.45, 7) is 9.50. The maximum atomic E-state index is 9.39. The van der Waals surface area contributed by atoms with E-state index >= 15 is 0 Å². The molecule has 0 saturated carbocycles. The maximum absolute atomic E-state index is 9.39. The molecule has 0 amide bonds. The molecule has 6 heteroatoms. The van der Waals surface area contributed by atoms with E-state index in [9.17, 15) is 5.11 Å². The summed E-state index contributed by atoms with van der Waals surface area (Å²) in [4.78, 5) is 8.22. The van der Waals surface area contributed by atoms with Crippen molar-refractivity contribution in [2.75, 3.05) is 20.2 Å². The quantitative estimate of drug-likeness (QED) is 0.268. The van der Waals surface area contributed by atoms with Gasteiger partial charge in [0, 0.05) is 31.2 Å². The van der Waals surface area contributed by atoms with Crippen molar-refractivity contribution in [2.24, 2.45) is 15.7 Å². The van der Waals surface area contributed by atoms with E-state index in [1.54, 1.807) is 7.05 Å². The van der Waals surface area contributed by atoms with Crippen molar-refractivity contribution in [2.45, 2.75) is 65.5 Å². The van der Waals surface area contributed by atoms with E-state index in [-0.39, 0.29) is 18.7 Å². The molecule has 2 unspecified atom stereocenters. The average molecular weight is 376 g/mol. The molecular weight excluding hydrogens is 338 g/mol. The highest BCUT2D eigenvalue weighted by Crippen LogP contribution is 2.25. The Kier molecular flexibility index (Phi) is 10.7. The molecule has 0 aliphatic carbocycles. The minimum Gasteiger partial charge on any atom is -0.395 e. The van der Waals surface area contributed by atoms with Gasteiger partial charge in [0.2, 0.25) is 0 Å². The van der Waals surface area contributed by atoms with E-state index in [1.807, 2.05) is 6.20 Å². The Morgan fingerprint density at radius 2 is 2.04 bits per heavy atom. The van der Waals surface area contributed by atoms with Gasteiger partial charge in [0.1, 0.15) is 12.2 Å². The Morgan fingerprint density at radius 1 is 1.30 bits per heavy atom. The van der Waals surface area contributed by atoms with Gasteiger partial charge in [-0.3, -0.25) is 4.99 Å². The molecule has 1 saturated heterocycles. The Bertz CT molecular complexity index is 616. The number of nitrogens with one attached hydrogen (secondary N) is 2. The second-order valence-electron chi connectivity index (χ2n) is 6.98. The number of allylic oxidation sites excluding steroid dienone is 3. The van der Waals surface area contributed by atoms with Crippen LogP contribution >= 0.6 is 0 Å². The normalized spacial score (nSPS) is 23.1. The molecule has 6 nitrogen and oxygen atoms in total. The van der Waals surface area contributed by atoms with Crippen LogP contribution in [0.5, 0.6) is 0 Å². The summed E-state index contributed by atoms with van der Waals surface area (Å²) >= 11 is 0. The fourth-order valence-electron chi connectivity index (χ4n) is 3.27. The van der Waals surface area contributed by atoms with Crippen LogP contribution in [0.2, 0.25) is 0 Å². The second-order valence-corrected chi connectivity index (χ2v) is 6.98. The van der Waals surface area contributed by atoms with E-state index in [2.05, 4.69) is 54.4 Å². The molecule has 0 radical (unpaired) electrons. The molecular formula is C21H37N5O. The Morgan fingerprint density at radius 3 is 2.59 bits per heavy atom. The summed E-state index contributed by atoms with van der Waals surface area (Å²) in [5.41, 5.74) is 10.8. The highest BCUT2D eigenvalue weighted by Gasteiger charge is 2.24. The smallest absolute Gasteiger partial charge is 0.128 e. The number of aliphatic hydroxyl groups is 1. The number of nitrogens with two attached hydrogens (primary N) is 1. The van der Waals surface area contributed by atoms with E-state index in [1.165, 1.54) is 11.9 Å². The number of hydrogen-bond acceptors (Lipinski definition) is 4. The molecule has 1 aliphatic rings. The first-order chi connectivity index (χ1) is 13.0. The third-order valence-electron chi connectivity index (χ3n) is 4.78. The third kappa shape index (κ3) is 7.31. The van der Waals surface area contributed by atoms with Crippen molar-refractivity contribution < 1.29 is 5.11 Å². The summed E-state index contributed by atoms with van der Waals surface area (Å²) in [5.74, 6) is 0.512. The molecule has 1 heterocycles. The zero-order valence-corrected chi connectivity index (χ0v) is 17.5. The highest BCUT2D eigenvalue weighted by atomic mass is 16.3. The fourth-order valence-corrected chi connectivity index (χ4v) is 3.27. The van der Waals surface area contributed by atoms with E-state index in [0.717, 1.165) is 48.9 Å². The van der Waals surface area contributed by atoms with Gasteiger partial charge in [0.05, 0.1) is 6.61 Å². The van der Waals surface area contributed by atoms with Gasteiger partial charge in [0.15, 0.2) is 0 Å². The topological polar surface area (TPSA) is 95.0 Å². The zero-order chi connectivity index (χ0) is 20.2. The van der Waals surface area contributed by atoms with Gasteiger partial charge in [0.25, 0.3) is 0 Å². The van der Waals surface area contributed by atoms with Crippen LogP contribution in [0.15, 0.2) is 44.6 Å². The lowest BCUT2D eigenvalue weighted by Crippen LogP contribution is -2.32. The van der Waals surface area contributed by atoms with Crippen LogP contribution in [0.1, 0.15) is 53.4 Å². The van der Waals surface area contributed by atoms with Crippen LogP contribution in [0, 0.1) is 0 Å². The summed E-state index contributed by atoms with van der Waals surface area (Å²) < 4.78 is 0. The summed E-state index contributed by atoms with van der Waals surface area (Å²) in [5, 5.41) is 16.2. The molecule has 0 aromatic carbocycles. The predicted molar refractivity (Wildman–Crippen MR) is 116 cm³/mol. The van der Waals surface area contributed by atoms with Gasteiger partial charge in [-0.15, -0.1) is 0 Å². The number of aliphatic imine (C=N–C) groups is 2.